The molecule has 0 aliphatic heterocycles. The second kappa shape index (κ2) is 11.3. The summed E-state index contributed by atoms with van der Waals surface area (Å²) in [5.41, 5.74) is 7.17. The van der Waals surface area contributed by atoms with Crippen molar-refractivity contribution in [2.45, 2.75) is 31.5 Å². The molecule has 1 aliphatic rings. The summed E-state index contributed by atoms with van der Waals surface area (Å²) in [6.45, 7) is 4.27. The number of fused-ring (bicyclic) bond motifs is 3. The fourth-order valence-electron chi connectivity index (χ4n) is 5.42. The van der Waals surface area contributed by atoms with Gasteiger partial charge in [0.2, 0.25) is 0 Å². The van der Waals surface area contributed by atoms with E-state index in [1.165, 1.54) is 43.8 Å². The van der Waals surface area contributed by atoms with Crippen LogP contribution in [0.5, 0.6) is 0 Å². The average molecular weight is 527 g/mol. The molecule has 2 atom stereocenters. The van der Waals surface area contributed by atoms with E-state index in [1.54, 1.807) is 13.8 Å². The molecule has 2 unspecified atom stereocenters. The second-order valence-corrected chi connectivity index (χ2v) is 13.0. The first kappa shape index (κ1) is 25.8. The van der Waals surface area contributed by atoms with Gasteiger partial charge in [-0.25, -0.2) is 0 Å². The summed E-state index contributed by atoms with van der Waals surface area (Å²) >= 11 is 0. The quantitative estimate of drug-likeness (QED) is 0.274. The van der Waals surface area contributed by atoms with Crippen molar-refractivity contribution in [3.63, 3.8) is 0 Å². The van der Waals surface area contributed by atoms with Gasteiger partial charge in [-0.15, -0.1) is 0 Å². The van der Waals surface area contributed by atoms with Gasteiger partial charge < -0.3 is 19.1 Å². The summed E-state index contributed by atoms with van der Waals surface area (Å²) < 4.78 is 11.6. The summed E-state index contributed by atoms with van der Waals surface area (Å²) in [4.78, 5) is 0. The number of hydrogen-bond donors (Lipinski definition) is 2. The van der Waals surface area contributed by atoms with Gasteiger partial charge in [-0.2, -0.15) is 0 Å². The van der Waals surface area contributed by atoms with Crippen molar-refractivity contribution in [3.8, 4) is 11.1 Å². The average Bonchev–Trinajstić information content (AvgIpc) is 3.20. The number of aliphatic hydroxyl groups is 2. The van der Waals surface area contributed by atoms with Crippen LogP contribution in [0.15, 0.2) is 97.1 Å². The van der Waals surface area contributed by atoms with Crippen LogP contribution in [-0.4, -0.2) is 55.2 Å². The Morgan fingerprint density at radius 1 is 0.595 bits per heavy atom. The molecule has 1 aliphatic carbocycles. The molecule has 0 heterocycles. The summed E-state index contributed by atoms with van der Waals surface area (Å²) in [5.74, 6) is 0. The molecule has 0 fully saturated rings. The van der Waals surface area contributed by atoms with E-state index < -0.39 is 37.1 Å². The lowest BCUT2D eigenvalue weighted by atomic mass is 9.68. The van der Waals surface area contributed by atoms with Crippen LogP contribution in [0.25, 0.3) is 11.1 Å². The number of hydrogen-bond acceptors (Lipinski definition) is 4. The van der Waals surface area contributed by atoms with Crippen LogP contribution < -0.4 is 10.4 Å². The zero-order valence-electron chi connectivity index (χ0n) is 21.4. The lowest BCUT2D eigenvalue weighted by Gasteiger charge is -2.34. The van der Waals surface area contributed by atoms with Gasteiger partial charge in [0.15, 0.2) is 19.5 Å². The lowest BCUT2D eigenvalue weighted by molar-refractivity contribution is 0.126. The molecule has 0 aromatic heterocycles. The molecule has 37 heavy (non-hydrogen) atoms. The maximum atomic E-state index is 9.54. The Kier molecular flexibility index (Phi) is 7.85. The first-order chi connectivity index (χ1) is 18.0. The Morgan fingerprint density at radius 3 is 1.35 bits per heavy atom. The van der Waals surface area contributed by atoms with Crippen molar-refractivity contribution in [1.82, 2.24) is 0 Å². The fraction of sp³-hybridized carbons (Fsp3) is 0.226. The summed E-state index contributed by atoms with van der Waals surface area (Å²) in [6, 6.07) is 35.3. The summed E-state index contributed by atoms with van der Waals surface area (Å²) in [5, 5.41) is 21.5. The van der Waals surface area contributed by atoms with Gasteiger partial charge in [-0.1, -0.05) is 97.1 Å². The van der Waals surface area contributed by atoms with Crippen LogP contribution in [0, 0.1) is 0 Å². The van der Waals surface area contributed by atoms with Crippen LogP contribution in [0.4, 0.5) is 0 Å². The molecule has 6 heteroatoms. The maximum absolute atomic E-state index is 9.54. The van der Waals surface area contributed by atoms with Crippen LogP contribution >= 0.6 is 0 Å². The second-order valence-electron chi connectivity index (χ2n) is 9.96. The smallest absolute Gasteiger partial charge is 0.192 e. The summed E-state index contributed by atoms with van der Waals surface area (Å²) in [7, 11) is -1.80. The van der Waals surface area contributed by atoms with Crippen LogP contribution in [0.3, 0.4) is 0 Å². The minimum absolute atomic E-state index is 0.384. The van der Waals surface area contributed by atoms with E-state index in [-0.39, 0.29) is 0 Å². The Balaban J connectivity index is 1.59. The number of aliphatic hydroxyl groups excluding tert-OH is 2. The van der Waals surface area contributed by atoms with Crippen molar-refractivity contribution in [1.29, 1.82) is 0 Å². The Bertz CT molecular complexity index is 1230. The van der Waals surface area contributed by atoms with Gasteiger partial charge in [-0.05, 0) is 57.6 Å². The van der Waals surface area contributed by atoms with E-state index in [4.69, 9.17) is 8.85 Å². The van der Waals surface area contributed by atoms with Crippen molar-refractivity contribution < 1.29 is 19.1 Å². The Labute approximate surface area is 223 Å². The minimum Gasteiger partial charge on any atom is -0.416 e. The zero-order valence-corrected chi connectivity index (χ0v) is 24.3. The van der Waals surface area contributed by atoms with E-state index in [9.17, 15) is 10.2 Å². The zero-order chi connectivity index (χ0) is 25.8. The highest BCUT2D eigenvalue weighted by atomic mass is 28.2. The molecule has 2 N–H and O–H groups in total. The van der Waals surface area contributed by atoms with Crippen molar-refractivity contribution in [2.75, 3.05) is 13.2 Å². The molecule has 0 amide bonds. The monoisotopic (exact) mass is 526 g/mol. The van der Waals surface area contributed by atoms with E-state index in [2.05, 4.69) is 97.1 Å². The van der Waals surface area contributed by atoms with Crippen molar-refractivity contribution >= 4 is 29.9 Å². The Morgan fingerprint density at radius 2 is 0.973 bits per heavy atom. The normalized spacial score (nSPS) is 15.8. The number of rotatable bonds is 10. The first-order valence-corrected chi connectivity index (χ1v) is 15.5. The first-order valence-electron chi connectivity index (χ1n) is 12.9. The van der Waals surface area contributed by atoms with E-state index in [0.717, 1.165) is 0 Å². The molecule has 0 spiro atoms. The van der Waals surface area contributed by atoms with Crippen LogP contribution in [0.1, 0.15) is 36.1 Å². The van der Waals surface area contributed by atoms with Crippen LogP contribution in [0.2, 0.25) is 0 Å². The lowest BCUT2D eigenvalue weighted by Crippen LogP contribution is -2.30. The maximum Gasteiger partial charge on any atom is 0.192 e. The standard InChI is InChI=1S/C31H34O4Si2/c1-21(32)19-34-36-25-15-11-23(12-16-25)31(24-13-17-26(18-14-24)37-35-20-22(2)33)29-9-5-3-7-27(29)28-8-4-6-10-30(28)31/h3-18,21-22,32-33H,19-20,36-37H2,1-2H3. The van der Waals surface area contributed by atoms with Crippen LogP contribution in [-0.2, 0) is 14.3 Å². The van der Waals surface area contributed by atoms with Gasteiger partial charge in [0.05, 0.1) is 30.8 Å². The third kappa shape index (κ3) is 5.14. The highest BCUT2D eigenvalue weighted by molar-refractivity contribution is 6.47. The van der Waals surface area contributed by atoms with E-state index >= 15 is 0 Å². The minimum atomic E-state index is -0.899. The van der Waals surface area contributed by atoms with Gasteiger partial charge in [0, 0.05) is 0 Å². The van der Waals surface area contributed by atoms with Gasteiger partial charge in [0.1, 0.15) is 0 Å². The highest BCUT2D eigenvalue weighted by Gasteiger charge is 2.45. The third-order valence-electron chi connectivity index (χ3n) is 6.98. The predicted molar refractivity (Wildman–Crippen MR) is 155 cm³/mol. The molecule has 0 bridgehead atoms. The molecule has 4 nitrogen and oxygen atoms in total. The summed E-state index contributed by atoms with van der Waals surface area (Å²) in [6.07, 6.45) is -0.880. The van der Waals surface area contributed by atoms with Gasteiger partial charge in [-0.3, -0.25) is 0 Å². The molecular weight excluding hydrogens is 493 g/mol. The van der Waals surface area contributed by atoms with Gasteiger partial charge >= 0.3 is 0 Å². The molecule has 0 saturated carbocycles. The van der Waals surface area contributed by atoms with E-state index in [1.807, 2.05) is 0 Å². The van der Waals surface area contributed by atoms with Crippen molar-refractivity contribution in [2.24, 2.45) is 0 Å². The molecule has 4 aromatic rings. The molecular formula is C31H34O4Si2. The molecule has 5 rings (SSSR count). The van der Waals surface area contributed by atoms with E-state index in [0.29, 0.717) is 13.2 Å². The topological polar surface area (TPSA) is 58.9 Å². The largest absolute Gasteiger partial charge is 0.416 e. The van der Waals surface area contributed by atoms with Gasteiger partial charge in [0.25, 0.3) is 0 Å². The molecule has 0 saturated heterocycles. The van der Waals surface area contributed by atoms with Crippen molar-refractivity contribution in [3.05, 3.63) is 119 Å². The third-order valence-corrected chi connectivity index (χ3v) is 9.47. The fourth-order valence-corrected chi connectivity index (χ4v) is 7.67. The SMILES string of the molecule is CC(O)CO[SiH2]c1ccc(C2(c3ccc([SiH2]OCC(C)O)cc3)c3ccccc3-c3ccccc32)cc1. The molecule has 190 valence electrons. The molecule has 4 aromatic carbocycles. The highest BCUT2D eigenvalue weighted by Crippen LogP contribution is 2.55. The predicted octanol–water partition coefficient (Wildman–Crippen LogP) is 2.26. The number of benzene rings is 4. The Hall–Kier alpha value is -2.85. The molecule has 0 radical (unpaired) electrons.